The van der Waals surface area contributed by atoms with Crippen molar-refractivity contribution in [2.45, 2.75) is 57.3 Å². The molecule has 3 amide bonds. The average molecular weight is 440 g/mol. The second-order valence-corrected chi connectivity index (χ2v) is 7.52. The van der Waals surface area contributed by atoms with E-state index in [0.29, 0.717) is 12.8 Å². The first kappa shape index (κ1) is 26.3. The van der Waals surface area contributed by atoms with Gasteiger partial charge in [0.15, 0.2) is 0 Å². The van der Waals surface area contributed by atoms with Gasteiger partial charge in [0, 0.05) is 12.2 Å². The van der Waals surface area contributed by atoms with Crippen molar-refractivity contribution >= 4 is 23.9 Å². The molecule has 0 aromatic carbocycles. The molecule has 1 aliphatic heterocycles. The Morgan fingerprint density at radius 2 is 1.55 bits per heavy atom. The van der Waals surface area contributed by atoms with Gasteiger partial charge in [-0.15, -0.1) is 0 Å². The summed E-state index contributed by atoms with van der Waals surface area (Å²) in [7, 11) is 0. The first-order valence-electron chi connectivity index (χ1n) is 10.2. The Morgan fingerprint density at radius 1 is 1.03 bits per heavy atom. The summed E-state index contributed by atoms with van der Waals surface area (Å²) in [4.78, 5) is 50.6. The fraction of sp³-hybridized carbons (Fsp3) is 0.619. The second-order valence-electron chi connectivity index (χ2n) is 7.52. The number of aliphatic hydroxyl groups excluding tert-OH is 2. The number of β-amino-alcohol motifs (C(OH)–C–C–N with tert-alkyl or cyclic N) is 2. The number of carbonyl (C=O) groups is 4. The predicted molar refractivity (Wildman–Crippen MR) is 111 cm³/mol. The number of imide groups is 1. The van der Waals surface area contributed by atoms with Crippen LogP contribution in [0.2, 0.25) is 0 Å². The van der Waals surface area contributed by atoms with E-state index >= 15 is 0 Å². The predicted octanol–water partition coefficient (Wildman–Crippen LogP) is 0.770. The molecule has 0 aromatic rings. The van der Waals surface area contributed by atoms with Gasteiger partial charge in [-0.1, -0.05) is 39.3 Å². The zero-order valence-corrected chi connectivity index (χ0v) is 18.1. The number of esters is 2. The van der Waals surface area contributed by atoms with Gasteiger partial charge in [-0.05, 0) is 13.3 Å². The quantitative estimate of drug-likeness (QED) is 0.175. The summed E-state index contributed by atoms with van der Waals surface area (Å²) in [6, 6.07) is -0.688. The van der Waals surface area contributed by atoms with Crippen molar-refractivity contribution < 1.29 is 38.9 Å². The molecule has 0 aromatic heterocycles. The van der Waals surface area contributed by atoms with Crippen molar-refractivity contribution in [1.82, 2.24) is 9.80 Å². The van der Waals surface area contributed by atoms with E-state index in [2.05, 4.69) is 13.2 Å². The minimum atomic E-state index is -1.28. The highest BCUT2D eigenvalue weighted by Crippen LogP contribution is 2.33. The zero-order chi connectivity index (χ0) is 23.6. The molecule has 1 heterocycles. The lowest BCUT2D eigenvalue weighted by atomic mass is 9.92. The maximum atomic E-state index is 13.1. The SMILES string of the molecule is C=CC(=O)OCC(O)CN1C(=O)N(CC(O)COC(=O)C=C)C(C)(CCCCC)C1=O. The number of carbonyl (C=O) groups excluding carboxylic acids is 4. The van der Waals surface area contributed by atoms with Gasteiger partial charge in [0.25, 0.3) is 5.91 Å². The monoisotopic (exact) mass is 440 g/mol. The van der Waals surface area contributed by atoms with Crippen molar-refractivity contribution in [3.05, 3.63) is 25.3 Å². The summed E-state index contributed by atoms with van der Waals surface area (Å²) >= 11 is 0. The normalized spacial score (nSPS) is 20.4. The number of hydrogen-bond acceptors (Lipinski definition) is 8. The van der Waals surface area contributed by atoms with Gasteiger partial charge in [-0.2, -0.15) is 0 Å². The lowest BCUT2D eigenvalue weighted by Gasteiger charge is -2.33. The van der Waals surface area contributed by atoms with Crippen LogP contribution in [-0.4, -0.2) is 87.9 Å². The maximum absolute atomic E-state index is 13.1. The molecule has 0 spiro atoms. The van der Waals surface area contributed by atoms with E-state index in [1.165, 1.54) is 4.90 Å². The van der Waals surface area contributed by atoms with E-state index in [-0.39, 0.29) is 19.7 Å². The Balaban J connectivity index is 2.95. The highest BCUT2D eigenvalue weighted by molar-refractivity contribution is 6.06. The Hall–Kier alpha value is -2.72. The van der Waals surface area contributed by atoms with Crippen LogP contribution in [0.4, 0.5) is 4.79 Å². The highest BCUT2D eigenvalue weighted by Gasteiger charge is 2.54. The zero-order valence-electron chi connectivity index (χ0n) is 18.1. The van der Waals surface area contributed by atoms with E-state index in [1.54, 1.807) is 6.92 Å². The maximum Gasteiger partial charge on any atom is 0.330 e. The Labute approximate surface area is 182 Å². The number of aliphatic hydroxyl groups is 2. The minimum absolute atomic E-state index is 0.240. The second kappa shape index (κ2) is 12.2. The summed E-state index contributed by atoms with van der Waals surface area (Å²) in [5.41, 5.74) is -1.23. The minimum Gasteiger partial charge on any atom is -0.460 e. The van der Waals surface area contributed by atoms with Crippen molar-refractivity contribution in [1.29, 1.82) is 0 Å². The van der Waals surface area contributed by atoms with Crippen molar-refractivity contribution in [3.8, 4) is 0 Å². The third kappa shape index (κ3) is 7.18. The standard InChI is InChI=1S/C21H32N2O8/c1-5-8-9-10-21(4)19(28)22(11-15(24)13-30-17(26)6-2)20(29)23(21)12-16(25)14-31-18(27)7-3/h6-7,15-16,24-25H,2-3,5,8-14H2,1,4H3. The van der Waals surface area contributed by atoms with Gasteiger partial charge in [-0.25, -0.2) is 14.4 Å². The van der Waals surface area contributed by atoms with Crippen LogP contribution in [0.15, 0.2) is 25.3 Å². The van der Waals surface area contributed by atoms with Gasteiger partial charge >= 0.3 is 18.0 Å². The molecule has 0 saturated carbocycles. The van der Waals surface area contributed by atoms with Crippen molar-refractivity contribution in [2.24, 2.45) is 0 Å². The number of rotatable bonds is 14. The highest BCUT2D eigenvalue weighted by atomic mass is 16.5. The third-order valence-electron chi connectivity index (χ3n) is 4.99. The molecule has 1 aliphatic rings. The molecular weight excluding hydrogens is 408 g/mol. The molecule has 3 unspecified atom stereocenters. The van der Waals surface area contributed by atoms with Crippen LogP contribution in [0.25, 0.3) is 0 Å². The van der Waals surface area contributed by atoms with Crippen molar-refractivity contribution in [3.63, 3.8) is 0 Å². The third-order valence-corrected chi connectivity index (χ3v) is 4.99. The van der Waals surface area contributed by atoms with Crippen LogP contribution in [0.5, 0.6) is 0 Å². The summed E-state index contributed by atoms with van der Waals surface area (Å²) in [6.07, 6.45) is 2.19. The lowest BCUT2D eigenvalue weighted by Crippen LogP contribution is -2.50. The van der Waals surface area contributed by atoms with Crippen molar-refractivity contribution in [2.75, 3.05) is 26.3 Å². The van der Waals surface area contributed by atoms with Crippen LogP contribution in [0.3, 0.4) is 0 Å². The van der Waals surface area contributed by atoms with E-state index < -0.39 is 48.2 Å². The molecule has 31 heavy (non-hydrogen) atoms. The van der Waals surface area contributed by atoms with Gasteiger partial charge in [0.2, 0.25) is 0 Å². The number of urea groups is 1. The first-order valence-corrected chi connectivity index (χ1v) is 10.2. The number of ether oxygens (including phenoxy) is 2. The summed E-state index contributed by atoms with van der Waals surface area (Å²) in [6.45, 7) is 8.74. The van der Waals surface area contributed by atoms with Crippen LogP contribution >= 0.6 is 0 Å². The van der Waals surface area contributed by atoms with Crippen LogP contribution in [0, 0.1) is 0 Å². The molecule has 0 bridgehead atoms. The number of nitrogens with zero attached hydrogens (tertiary/aromatic N) is 2. The number of amides is 3. The van der Waals surface area contributed by atoms with Gasteiger partial charge in [0.05, 0.1) is 13.1 Å². The molecule has 0 aliphatic carbocycles. The summed E-state index contributed by atoms with van der Waals surface area (Å²) < 4.78 is 9.56. The van der Waals surface area contributed by atoms with Crippen LogP contribution < -0.4 is 0 Å². The molecule has 1 rings (SSSR count). The fourth-order valence-electron chi connectivity index (χ4n) is 3.25. The Morgan fingerprint density at radius 3 is 2.03 bits per heavy atom. The van der Waals surface area contributed by atoms with E-state index in [1.807, 2.05) is 6.92 Å². The van der Waals surface area contributed by atoms with Gasteiger partial charge in [0.1, 0.15) is 31.0 Å². The molecule has 1 saturated heterocycles. The van der Waals surface area contributed by atoms with E-state index in [0.717, 1.165) is 29.9 Å². The molecule has 174 valence electrons. The molecule has 0 radical (unpaired) electrons. The van der Waals surface area contributed by atoms with Crippen LogP contribution in [0.1, 0.15) is 39.5 Å². The smallest absolute Gasteiger partial charge is 0.330 e. The fourth-order valence-corrected chi connectivity index (χ4v) is 3.25. The number of hydrogen-bond donors (Lipinski definition) is 2. The molecule has 1 fully saturated rings. The molecule has 10 nitrogen and oxygen atoms in total. The van der Waals surface area contributed by atoms with E-state index in [4.69, 9.17) is 9.47 Å². The Bertz CT molecular complexity index is 695. The number of unbranched alkanes of at least 4 members (excludes halogenated alkanes) is 2. The van der Waals surface area contributed by atoms with Crippen LogP contribution in [-0.2, 0) is 23.9 Å². The lowest BCUT2D eigenvalue weighted by molar-refractivity contribution is -0.142. The first-order chi connectivity index (χ1) is 14.6. The molecule has 3 atom stereocenters. The topological polar surface area (TPSA) is 134 Å². The largest absolute Gasteiger partial charge is 0.460 e. The van der Waals surface area contributed by atoms with Gasteiger partial charge < -0.3 is 24.6 Å². The Kier molecular flexibility index (Phi) is 10.4. The molecule has 2 N–H and O–H groups in total. The summed E-state index contributed by atoms with van der Waals surface area (Å²) in [5, 5.41) is 20.4. The van der Waals surface area contributed by atoms with Gasteiger partial charge in [-0.3, -0.25) is 9.69 Å². The molecular formula is C21H32N2O8. The summed E-state index contributed by atoms with van der Waals surface area (Å²) in [5.74, 6) is -1.97. The average Bonchev–Trinajstić information content (AvgIpc) is 2.91. The molecule has 10 heteroatoms. The van der Waals surface area contributed by atoms with E-state index in [9.17, 15) is 29.4 Å².